The lowest BCUT2D eigenvalue weighted by molar-refractivity contribution is -0.140. The summed E-state index contributed by atoms with van der Waals surface area (Å²) in [6.07, 6.45) is -1.58. The molecule has 1 fully saturated rings. The average molecular weight is 306 g/mol. The van der Waals surface area contributed by atoms with Gasteiger partial charge in [-0.25, -0.2) is 4.98 Å². The van der Waals surface area contributed by atoms with Crippen molar-refractivity contribution in [2.24, 2.45) is 4.99 Å². The quantitative estimate of drug-likeness (QED) is 0.688. The molecule has 1 aromatic heterocycles. The lowest BCUT2D eigenvalue weighted by atomic mass is 10.4. The monoisotopic (exact) mass is 306 g/mol. The Morgan fingerprint density at radius 3 is 2.70 bits per heavy atom. The van der Waals surface area contributed by atoms with Crippen LogP contribution in [0.5, 0.6) is 0 Å². The molecule has 0 atom stereocenters. The van der Waals surface area contributed by atoms with Gasteiger partial charge in [-0.2, -0.15) is 13.2 Å². The van der Waals surface area contributed by atoms with E-state index < -0.39 is 11.9 Å². The number of aromatic nitrogens is 1. The van der Waals surface area contributed by atoms with E-state index in [2.05, 4.69) is 20.2 Å². The van der Waals surface area contributed by atoms with Gasteiger partial charge in [0.2, 0.25) is 0 Å². The Hall–Kier alpha value is -1.31. The van der Waals surface area contributed by atoms with Crippen LogP contribution < -0.4 is 5.32 Å². The van der Waals surface area contributed by atoms with E-state index in [0.29, 0.717) is 18.0 Å². The van der Waals surface area contributed by atoms with Crippen molar-refractivity contribution in [3.05, 3.63) is 16.1 Å². The lowest BCUT2D eigenvalue weighted by Crippen LogP contribution is -2.40. The zero-order chi connectivity index (χ0) is 14.6. The number of halogens is 3. The van der Waals surface area contributed by atoms with Gasteiger partial charge in [0.1, 0.15) is 0 Å². The molecule has 0 spiro atoms. The van der Waals surface area contributed by atoms with E-state index >= 15 is 0 Å². The van der Waals surface area contributed by atoms with Crippen molar-refractivity contribution in [2.75, 3.05) is 26.7 Å². The second-order valence-corrected chi connectivity index (χ2v) is 5.49. The number of alkyl halides is 3. The van der Waals surface area contributed by atoms with Crippen LogP contribution in [0.1, 0.15) is 23.5 Å². The number of nitrogens with zero attached hydrogens (tertiary/aromatic N) is 3. The minimum atomic E-state index is -4.35. The van der Waals surface area contributed by atoms with Crippen molar-refractivity contribution in [2.45, 2.75) is 25.4 Å². The van der Waals surface area contributed by atoms with Gasteiger partial charge >= 0.3 is 6.18 Å². The Balaban J connectivity index is 1.82. The maximum absolute atomic E-state index is 12.4. The number of nitrogens with one attached hydrogen (secondary N) is 1. The van der Waals surface area contributed by atoms with E-state index in [1.807, 2.05) is 0 Å². The molecule has 112 valence electrons. The van der Waals surface area contributed by atoms with Crippen molar-refractivity contribution in [3.8, 4) is 0 Å². The molecule has 1 N–H and O–H groups in total. The van der Waals surface area contributed by atoms with E-state index in [9.17, 15) is 13.2 Å². The number of hydrogen-bond donors (Lipinski definition) is 1. The Morgan fingerprint density at radius 2 is 2.15 bits per heavy atom. The molecular formula is C12H17F3N4S. The maximum Gasteiger partial charge on any atom is 0.434 e. The van der Waals surface area contributed by atoms with Crippen LogP contribution in [0.4, 0.5) is 13.2 Å². The molecular weight excluding hydrogens is 289 g/mol. The first kappa shape index (κ1) is 15.1. The highest BCUT2D eigenvalue weighted by Crippen LogP contribution is 2.29. The molecule has 1 aliphatic heterocycles. The molecule has 0 bridgehead atoms. The van der Waals surface area contributed by atoms with Crippen molar-refractivity contribution < 1.29 is 13.2 Å². The third kappa shape index (κ3) is 3.84. The van der Waals surface area contributed by atoms with Gasteiger partial charge < -0.3 is 10.2 Å². The summed E-state index contributed by atoms with van der Waals surface area (Å²) in [5, 5.41) is 4.72. The topological polar surface area (TPSA) is 40.5 Å². The third-order valence-corrected chi connectivity index (χ3v) is 3.99. The minimum Gasteiger partial charge on any atom is -0.356 e. The second kappa shape index (κ2) is 6.43. The van der Waals surface area contributed by atoms with Gasteiger partial charge in [-0.15, -0.1) is 11.3 Å². The highest BCUT2D eigenvalue weighted by molar-refractivity contribution is 7.09. The zero-order valence-electron chi connectivity index (χ0n) is 11.2. The molecule has 0 radical (unpaired) electrons. The summed E-state index contributed by atoms with van der Waals surface area (Å²) in [4.78, 5) is 9.94. The summed E-state index contributed by atoms with van der Waals surface area (Å²) in [6.45, 7) is 2.50. The van der Waals surface area contributed by atoms with Gasteiger partial charge in [-0.3, -0.25) is 4.99 Å². The molecule has 1 aromatic rings. The Morgan fingerprint density at radius 1 is 1.45 bits per heavy atom. The highest BCUT2D eigenvalue weighted by Gasteiger charge is 2.33. The van der Waals surface area contributed by atoms with Crippen molar-refractivity contribution in [1.82, 2.24) is 15.2 Å². The fourth-order valence-electron chi connectivity index (χ4n) is 2.10. The summed E-state index contributed by atoms with van der Waals surface area (Å²) in [6, 6.07) is 0. The number of thiazole rings is 1. The molecule has 1 saturated heterocycles. The summed E-state index contributed by atoms with van der Waals surface area (Å²) in [7, 11) is 1.71. The lowest BCUT2D eigenvalue weighted by Gasteiger charge is -2.20. The van der Waals surface area contributed by atoms with Crippen molar-refractivity contribution in [1.29, 1.82) is 0 Å². The number of rotatable bonds is 3. The minimum absolute atomic E-state index is 0.466. The SMILES string of the molecule is CN=C(NCCc1nc(C(F)(F)F)cs1)N1CCCC1. The molecule has 0 aromatic carbocycles. The van der Waals surface area contributed by atoms with E-state index in [1.165, 1.54) is 0 Å². The molecule has 2 heterocycles. The molecule has 0 unspecified atom stereocenters. The molecule has 8 heteroatoms. The van der Waals surface area contributed by atoms with E-state index in [4.69, 9.17) is 0 Å². The number of aliphatic imine (C=N–C) groups is 1. The largest absolute Gasteiger partial charge is 0.434 e. The first-order valence-corrected chi connectivity index (χ1v) is 7.36. The van der Waals surface area contributed by atoms with Crippen LogP contribution in [0.2, 0.25) is 0 Å². The molecule has 0 saturated carbocycles. The molecule has 1 aliphatic rings. The van der Waals surface area contributed by atoms with Crippen LogP contribution in [0, 0.1) is 0 Å². The fourth-order valence-corrected chi connectivity index (χ4v) is 2.90. The van der Waals surface area contributed by atoms with Gasteiger partial charge in [-0.05, 0) is 12.8 Å². The molecule has 0 aliphatic carbocycles. The third-order valence-electron chi connectivity index (χ3n) is 3.08. The molecule has 20 heavy (non-hydrogen) atoms. The van der Waals surface area contributed by atoms with Crippen LogP contribution in [0.25, 0.3) is 0 Å². The van der Waals surface area contributed by atoms with Crippen LogP contribution >= 0.6 is 11.3 Å². The zero-order valence-corrected chi connectivity index (χ0v) is 12.0. The Kier molecular flexibility index (Phi) is 4.85. The average Bonchev–Trinajstić information content (AvgIpc) is 3.04. The van der Waals surface area contributed by atoms with Gasteiger partial charge in [-0.1, -0.05) is 0 Å². The summed E-state index contributed by atoms with van der Waals surface area (Å²) in [5.74, 6) is 0.815. The van der Waals surface area contributed by atoms with Crippen LogP contribution in [0.3, 0.4) is 0 Å². The summed E-state index contributed by atoms with van der Waals surface area (Å²) < 4.78 is 37.2. The second-order valence-electron chi connectivity index (χ2n) is 4.54. The maximum atomic E-state index is 12.4. The van der Waals surface area contributed by atoms with Gasteiger partial charge in [0.15, 0.2) is 11.7 Å². The number of guanidine groups is 1. The van der Waals surface area contributed by atoms with E-state index in [-0.39, 0.29) is 0 Å². The fraction of sp³-hybridized carbons (Fsp3) is 0.667. The highest BCUT2D eigenvalue weighted by atomic mass is 32.1. The number of hydrogen-bond acceptors (Lipinski definition) is 3. The summed E-state index contributed by atoms with van der Waals surface area (Å²) >= 11 is 1.04. The van der Waals surface area contributed by atoms with Crippen molar-refractivity contribution >= 4 is 17.3 Å². The molecule has 0 amide bonds. The first-order valence-electron chi connectivity index (χ1n) is 6.48. The Bertz CT molecular complexity index is 464. The van der Waals surface area contributed by atoms with E-state index in [0.717, 1.165) is 48.6 Å². The van der Waals surface area contributed by atoms with Crippen LogP contribution in [-0.4, -0.2) is 42.5 Å². The van der Waals surface area contributed by atoms with Crippen LogP contribution in [0.15, 0.2) is 10.4 Å². The van der Waals surface area contributed by atoms with Gasteiger partial charge in [0.05, 0.1) is 5.01 Å². The van der Waals surface area contributed by atoms with Crippen LogP contribution in [-0.2, 0) is 12.6 Å². The summed E-state index contributed by atoms with van der Waals surface area (Å²) in [5.41, 5.74) is -0.804. The predicted molar refractivity (Wildman–Crippen MR) is 73.0 cm³/mol. The first-order chi connectivity index (χ1) is 9.50. The van der Waals surface area contributed by atoms with Gasteiger partial charge in [0, 0.05) is 38.5 Å². The molecule has 4 nitrogen and oxygen atoms in total. The number of likely N-dealkylation sites (tertiary alicyclic amines) is 1. The normalized spacial score (nSPS) is 16.8. The van der Waals surface area contributed by atoms with Crippen molar-refractivity contribution in [3.63, 3.8) is 0 Å². The van der Waals surface area contributed by atoms with Gasteiger partial charge in [0.25, 0.3) is 0 Å². The predicted octanol–water partition coefficient (Wildman–Crippen LogP) is 2.38. The molecule has 2 rings (SSSR count). The Labute approximate surface area is 119 Å². The standard InChI is InChI=1S/C12H17F3N4S/c1-16-11(19-6-2-3-7-19)17-5-4-10-18-9(8-20-10)12(13,14)15/h8H,2-7H2,1H3,(H,16,17). The van der Waals surface area contributed by atoms with E-state index in [1.54, 1.807) is 7.05 Å². The smallest absolute Gasteiger partial charge is 0.356 e.